The number of Topliss-reactive ketones (excluding diaryl/α,β-unsaturated/α-hetero) is 1. The van der Waals surface area contributed by atoms with Crippen molar-refractivity contribution >= 4 is 28.5 Å². The number of nitrogens with two attached hydrogens (primary N) is 1. The number of aromatic nitrogens is 2. The number of anilines is 1. The molecule has 0 radical (unpaired) electrons. The molecule has 0 saturated heterocycles. The third kappa shape index (κ3) is 3.91. The van der Waals surface area contributed by atoms with Crippen LogP contribution in [0.15, 0.2) is 38.5 Å². The van der Waals surface area contributed by atoms with Gasteiger partial charge in [0.25, 0.3) is 5.56 Å². The first kappa shape index (κ1) is 21.1. The van der Waals surface area contributed by atoms with Gasteiger partial charge in [0.1, 0.15) is 17.0 Å². The van der Waals surface area contributed by atoms with E-state index in [2.05, 4.69) is 0 Å². The number of carbonyl (C=O) groups is 2. The molecule has 2 aromatic heterocycles. The molecular weight excluding hydrogens is 390 g/mol. The Labute approximate surface area is 171 Å². The van der Waals surface area contributed by atoms with Crippen molar-refractivity contribution in [3.63, 3.8) is 0 Å². The topological polar surface area (TPSA) is 127 Å². The Hall–Kier alpha value is -3.62. The number of aryl methyl sites for hydroxylation is 1. The Morgan fingerprint density at radius 2 is 1.97 bits per heavy atom. The lowest BCUT2D eigenvalue weighted by Gasteiger charge is -2.13. The second kappa shape index (κ2) is 8.40. The van der Waals surface area contributed by atoms with E-state index >= 15 is 0 Å². The average Bonchev–Trinajstić information content (AvgIpc) is 3.09. The van der Waals surface area contributed by atoms with Crippen LogP contribution < -0.4 is 17.0 Å². The molecule has 158 valence electrons. The number of esters is 1. The van der Waals surface area contributed by atoms with Gasteiger partial charge in [0.05, 0.1) is 12.7 Å². The van der Waals surface area contributed by atoms with Gasteiger partial charge in [-0.3, -0.25) is 23.5 Å². The summed E-state index contributed by atoms with van der Waals surface area (Å²) in [5, 5.41) is 0.786. The summed E-state index contributed by atoms with van der Waals surface area (Å²) in [5.41, 5.74) is 6.45. The number of carbonyl (C=O) groups excluding carboxylic acids is 2. The molecule has 2 heterocycles. The van der Waals surface area contributed by atoms with Crippen LogP contribution in [0.5, 0.6) is 0 Å². The number of fused-ring (bicyclic) bond motifs is 1. The van der Waals surface area contributed by atoms with Gasteiger partial charge in [-0.2, -0.15) is 0 Å². The summed E-state index contributed by atoms with van der Waals surface area (Å²) in [5.74, 6) is -1.63. The standard InChI is InChI=1S/C21H23N3O6/c1-4-7-24-19(22)18(20(27)23(3)21(24)28)15(25)11-30-17(26)9-13-10-29-16-8-12(2)5-6-14(13)16/h5-6,8,10H,4,7,9,11,22H2,1-3H3. The summed E-state index contributed by atoms with van der Waals surface area (Å²) in [4.78, 5) is 49.4. The van der Waals surface area contributed by atoms with Gasteiger partial charge in [0, 0.05) is 24.5 Å². The number of hydrogen-bond acceptors (Lipinski definition) is 7. The van der Waals surface area contributed by atoms with E-state index in [9.17, 15) is 19.2 Å². The van der Waals surface area contributed by atoms with E-state index in [0.717, 1.165) is 20.1 Å². The highest BCUT2D eigenvalue weighted by atomic mass is 16.5. The average molecular weight is 413 g/mol. The number of ether oxygens (including phenoxy) is 1. The molecular formula is C21H23N3O6. The second-order valence-corrected chi connectivity index (χ2v) is 7.08. The van der Waals surface area contributed by atoms with Crippen molar-refractivity contribution < 1.29 is 18.7 Å². The number of furan rings is 1. The number of rotatable bonds is 7. The van der Waals surface area contributed by atoms with Crippen LogP contribution in [-0.4, -0.2) is 27.5 Å². The van der Waals surface area contributed by atoms with Crippen LogP contribution in [0.4, 0.5) is 5.82 Å². The van der Waals surface area contributed by atoms with Crippen LogP contribution >= 0.6 is 0 Å². The maximum atomic E-state index is 12.6. The van der Waals surface area contributed by atoms with Gasteiger partial charge in [0.15, 0.2) is 6.61 Å². The van der Waals surface area contributed by atoms with Crippen molar-refractivity contribution in [3.8, 4) is 0 Å². The van der Waals surface area contributed by atoms with Crippen LogP contribution in [0.2, 0.25) is 0 Å². The van der Waals surface area contributed by atoms with Crippen molar-refractivity contribution in [2.45, 2.75) is 33.2 Å². The molecule has 0 bridgehead atoms. The van der Waals surface area contributed by atoms with Gasteiger partial charge >= 0.3 is 11.7 Å². The van der Waals surface area contributed by atoms with E-state index in [-0.39, 0.29) is 24.3 Å². The summed E-state index contributed by atoms with van der Waals surface area (Å²) >= 11 is 0. The predicted molar refractivity (Wildman–Crippen MR) is 111 cm³/mol. The Morgan fingerprint density at radius 3 is 2.67 bits per heavy atom. The molecule has 1 aromatic carbocycles. The van der Waals surface area contributed by atoms with Crippen LogP contribution in [0.1, 0.15) is 34.8 Å². The van der Waals surface area contributed by atoms with Crippen LogP contribution in [0, 0.1) is 6.92 Å². The highest BCUT2D eigenvalue weighted by molar-refractivity contribution is 6.01. The maximum absolute atomic E-state index is 12.6. The molecule has 0 aliphatic rings. The Bertz CT molecular complexity index is 1250. The monoisotopic (exact) mass is 413 g/mol. The smallest absolute Gasteiger partial charge is 0.332 e. The second-order valence-electron chi connectivity index (χ2n) is 7.08. The zero-order chi connectivity index (χ0) is 22.0. The molecule has 3 aromatic rings. The van der Waals surface area contributed by atoms with E-state index in [1.165, 1.54) is 13.3 Å². The molecule has 9 heteroatoms. The summed E-state index contributed by atoms with van der Waals surface area (Å²) in [6.07, 6.45) is 1.97. The Morgan fingerprint density at radius 1 is 1.23 bits per heavy atom. The zero-order valence-electron chi connectivity index (χ0n) is 17.1. The van der Waals surface area contributed by atoms with Crippen LogP contribution in [0.25, 0.3) is 11.0 Å². The SMILES string of the molecule is CCCn1c(N)c(C(=O)COC(=O)Cc2coc3cc(C)ccc23)c(=O)n(C)c1=O. The van der Waals surface area contributed by atoms with Gasteiger partial charge in [-0.15, -0.1) is 0 Å². The third-order valence-electron chi connectivity index (χ3n) is 4.82. The first-order valence-electron chi connectivity index (χ1n) is 9.49. The van der Waals surface area contributed by atoms with Crippen molar-refractivity contribution in [1.29, 1.82) is 0 Å². The number of benzene rings is 1. The van der Waals surface area contributed by atoms with E-state index < -0.39 is 29.6 Å². The zero-order valence-corrected chi connectivity index (χ0v) is 17.1. The molecule has 0 aliphatic carbocycles. The molecule has 0 atom stereocenters. The molecule has 9 nitrogen and oxygen atoms in total. The lowest BCUT2D eigenvalue weighted by molar-refractivity contribution is -0.141. The minimum Gasteiger partial charge on any atom is -0.464 e. The van der Waals surface area contributed by atoms with Crippen molar-refractivity contribution in [2.24, 2.45) is 7.05 Å². The summed E-state index contributed by atoms with van der Waals surface area (Å²) < 4.78 is 12.5. The summed E-state index contributed by atoms with van der Waals surface area (Å²) in [6, 6.07) is 5.61. The van der Waals surface area contributed by atoms with E-state index in [1.54, 1.807) is 0 Å². The molecule has 3 rings (SSSR count). The normalized spacial score (nSPS) is 11.0. The maximum Gasteiger partial charge on any atom is 0.332 e. The van der Waals surface area contributed by atoms with Crippen molar-refractivity contribution in [1.82, 2.24) is 9.13 Å². The van der Waals surface area contributed by atoms with Gasteiger partial charge in [0.2, 0.25) is 5.78 Å². The summed E-state index contributed by atoms with van der Waals surface area (Å²) in [6.45, 7) is 3.37. The molecule has 0 saturated carbocycles. The van der Waals surface area contributed by atoms with E-state index in [4.69, 9.17) is 14.9 Å². The van der Waals surface area contributed by atoms with Crippen LogP contribution in [-0.2, 0) is 29.5 Å². The first-order chi connectivity index (χ1) is 14.2. The predicted octanol–water partition coefficient (Wildman–Crippen LogP) is 1.56. The highest BCUT2D eigenvalue weighted by Crippen LogP contribution is 2.23. The molecule has 0 aliphatic heterocycles. The van der Waals surface area contributed by atoms with Gasteiger partial charge in [-0.25, -0.2) is 4.79 Å². The minimum atomic E-state index is -0.817. The van der Waals surface area contributed by atoms with Gasteiger partial charge in [-0.1, -0.05) is 19.1 Å². The Kier molecular flexibility index (Phi) is 5.91. The molecule has 0 unspecified atom stereocenters. The first-order valence-corrected chi connectivity index (χ1v) is 9.49. The fourth-order valence-electron chi connectivity index (χ4n) is 3.24. The van der Waals surface area contributed by atoms with Crippen molar-refractivity contribution in [3.05, 3.63) is 62.0 Å². The molecule has 0 fully saturated rings. The highest BCUT2D eigenvalue weighted by Gasteiger charge is 2.22. The third-order valence-corrected chi connectivity index (χ3v) is 4.82. The number of nitrogens with zero attached hydrogens (tertiary/aromatic N) is 2. The van der Waals surface area contributed by atoms with Crippen molar-refractivity contribution in [2.75, 3.05) is 12.3 Å². The summed E-state index contributed by atoms with van der Waals surface area (Å²) in [7, 11) is 1.27. The van der Waals surface area contributed by atoms with Crippen LogP contribution in [0.3, 0.4) is 0 Å². The fourth-order valence-corrected chi connectivity index (χ4v) is 3.24. The molecule has 0 spiro atoms. The molecule has 2 N–H and O–H groups in total. The molecule has 30 heavy (non-hydrogen) atoms. The van der Waals surface area contributed by atoms with Gasteiger partial charge in [-0.05, 0) is 25.0 Å². The van der Waals surface area contributed by atoms with E-state index in [1.807, 2.05) is 32.0 Å². The lowest BCUT2D eigenvalue weighted by atomic mass is 10.1. The lowest BCUT2D eigenvalue weighted by Crippen LogP contribution is -2.43. The van der Waals surface area contributed by atoms with Gasteiger partial charge < -0.3 is 14.9 Å². The molecule has 0 amide bonds. The minimum absolute atomic E-state index is 0.0911. The largest absolute Gasteiger partial charge is 0.464 e. The number of hydrogen-bond donors (Lipinski definition) is 1. The fraction of sp³-hybridized carbons (Fsp3) is 0.333. The Balaban J connectivity index is 1.76. The number of nitrogen functional groups attached to an aromatic ring is 1. The van der Waals surface area contributed by atoms with E-state index in [0.29, 0.717) is 17.6 Å². The quantitative estimate of drug-likeness (QED) is 0.460. The number of ketones is 1.